The molecule has 3 rings (SSSR count). The first-order chi connectivity index (χ1) is 12.6. The fourth-order valence-corrected chi connectivity index (χ4v) is 4.74. The molecule has 2 heterocycles. The first-order valence-corrected chi connectivity index (χ1v) is 10.3. The normalized spacial score (nSPS) is 17.0. The van der Waals surface area contributed by atoms with Crippen molar-refractivity contribution in [1.82, 2.24) is 15.2 Å². The van der Waals surface area contributed by atoms with Crippen molar-refractivity contribution in [3.63, 3.8) is 0 Å². The quantitative estimate of drug-likeness (QED) is 0.802. The lowest BCUT2D eigenvalue weighted by molar-refractivity contribution is -0.127. The lowest BCUT2D eigenvalue weighted by Gasteiger charge is -2.30. The Kier molecular flexibility index (Phi) is 6.11. The van der Waals surface area contributed by atoms with E-state index in [-0.39, 0.29) is 17.1 Å². The van der Waals surface area contributed by atoms with E-state index in [1.807, 2.05) is 24.6 Å². The number of thiazole rings is 1. The van der Waals surface area contributed by atoms with Crippen molar-refractivity contribution >= 4 is 34.9 Å². The Morgan fingerprint density at radius 3 is 2.81 bits per heavy atom. The molecule has 0 spiro atoms. The molecular weight excluding hydrogens is 366 g/mol. The molecule has 7 heteroatoms. The summed E-state index contributed by atoms with van der Waals surface area (Å²) in [5.74, 6) is 0.622. The van der Waals surface area contributed by atoms with Gasteiger partial charge in [0.1, 0.15) is 5.25 Å². The molecule has 2 amide bonds. The maximum Gasteiger partial charge on any atom is 0.246 e. The number of rotatable bonds is 5. The van der Waals surface area contributed by atoms with E-state index in [9.17, 15) is 9.59 Å². The van der Waals surface area contributed by atoms with Gasteiger partial charge in [0.25, 0.3) is 0 Å². The lowest BCUT2D eigenvalue weighted by atomic mass is 10.1. The highest BCUT2D eigenvalue weighted by atomic mass is 32.2. The van der Waals surface area contributed by atoms with Crippen LogP contribution in [0.1, 0.15) is 11.3 Å². The molecule has 136 valence electrons. The third kappa shape index (κ3) is 4.34. The monoisotopic (exact) mass is 387 g/mol. The zero-order valence-electron chi connectivity index (χ0n) is 14.6. The standard InChI is InChI=1S/C19H21N3O2S2/c1-3-17(23)22-8-9-25-16(11-22)19(24)20-10-14-4-6-15(7-5-14)18-13(2)21-12-26-18/h3-7,12,16H,1,8-11H2,2H3,(H,20,24). The molecule has 1 aliphatic rings. The van der Waals surface area contributed by atoms with Crippen LogP contribution < -0.4 is 5.32 Å². The molecule has 1 aromatic heterocycles. The van der Waals surface area contributed by atoms with Crippen molar-refractivity contribution in [2.75, 3.05) is 18.8 Å². The molecule has 1 saturated heterocycles. The summed E-state index contributed by atoms with van der Waals surface area (Å²) in [6.45, 7) is 7.09. The number of carbonyl (C=O) groups is 2. The van der Waals surface area contributed by atoms with Gasteiger partial charge < -0.3 is 10.2 Å². The molecular formula is C19H21N3O2S2. The Balaban J connectivity index is 1.55. The van der Waals surface area contributed by atoms with Gasteiger partial charge >= 0.3 is 0 Å². The van der Waals surface area contributed by atoms with Crippen molar-refractivity contribution < 1.29 is 9.59 Å². The van der Waals surface area contributed by atoms with Gasteiger partial charge in [-0.05, 0) is 24.1 Å². The second kappa shape index (κ2) is 8.51. The van der Waals surface area contributed by atoms with Crippen molar-refractivity contribution in [1.29, 1.82) is 0 Å². The minimum atomic E-state index is -0.230. The van der Waals surface area contributed by atoms with Gasteiger partial charge in [-0.15, -0.1) is 23.1 Å². The van der Waals surface area contributed by atoms with Crippen LogP contribution in [0.15, 0.2) is 42.4 Å². The number of aryl methyl sites for hydroxylation is 1. The van der Waals surface area contributed by atoms with Crippen LogP contribution in [-0.4, -0.2) is 45.8 Å². The molecule has 1 aliphatic heterocycles. The maximum absolute atomic E-state index is 12.4. The average Bonchev–Trinajstić information content (AvgIpc) is 3.12. The summed E-state index contributed by atoms with van der Waals surface area (Å²) < 4.78 is 0. The van der Waals surface area contributed by atoms with Gasteiger partial charge in [0, 0.05) is 25.4 Å². The summed E-state index contributed by atoms with van der Waals surface area (Å²) in [4.78, 5) is 31.3. The average molecular weight is 388 g/mol. The summed E-state index contributed by atoms with van der Waals surface area (Å²) in [6, 6.07) is 8.16. The van der Waals surface area contributed by atoms with Crippen LogP contribution in [0.25, 0.3) is 10.4 Å². The molecule has 1 N–H and O–H groups in total. The van der Waals surface area contributed by atoms with Crippen LogP contribution in [0.2, 0.25) is 0 Å². The molecule has 0 radical (unpaired) electrons. The fraction of sp³-hybridized carbons (Fsp3) is 0.316. The van der Waals surface area contributed by atoms with E-state index in [1.165, 1.54) is 11.0 Å². The Labute approximate surface area is 161 Å². The first-order valence-electron chi connectivity index (χ1n) is 8.38. The molecule has 1 fully saturated rings. The van der Waals surface area contributed by atoms with E-state index in [2.05, 4.69) is 29.0 Å². The van der Waals surface area contributed by atoms with Gasteiger partial charge in [-0.2, -0.15) is 0 Å². The van der Waals surface area contributed by atoms with E-state index in [4.69, 9.17) is 0 Å². The Morgan fingerprint density at radius 1 is 1.38 bits per heavy atom. The third-order valence-electron chi connectivity index (χ3n) is 4.27. The number of hydrogen-bond acceptors (Lipinski definition) is 5. The predicted octanol–water partition coefficient (Wildman–Crippen LogP) is 2.86. The topological polar surface area (TPSA) is 62.3 Å². The molecule has 2 aromatic rings. The molecule has 1 atom stereocenters. The fourth-order valence-electron chi connectivity index (χ4n) is 2.79. The number of carbonyl (C=O) groups excluding carboxylic acids is 2. The van der Waals surface area contributed by atoms with Gasteiger partial charge in [-0.1, -0.05) is 30.8 Å². The van der Waals surface area contributed by atoms with E-state index in [0.29, 0.717) is 19.6 Å². The van der Waals surface area contributed by atoms with E-state index >= 15 is 0 Å². The largest absolute Gasteiger partial charge is 0.351 e. The van der Waals surface area contributed by atoms with E-state index < -0.39 is 0 Å². The molecule has 1 unspecified atom stereocenters. The molecule has 0 aliphatic carbocycles. The van der Waals surface area contributed by atoms with Crippen molar-refractivity contribution in [3.8, 4) is 10.4 Å². The second-order valence-corrected chi connectivity index (χ2v) is 8.19. The van der Waals surface area contributed by atoms with Crippen LogP contribution >= 0.6 is 23.1 Å². The number of aromatic nitrogens is 1. The van der Waals surface area contributed by atoms with Gasteiger partial charge in [0.05, 0.1) is 16.1 Å². The Hall–Kier alpha value is -2.12. The molecule has 0 saturated carbocycles. The van der Waals surface area contributed by atoms with Crippen LogP contribution in [-0.2, 0) is 16.1 Å². The SMILES string of the molecule is C=CC(=O)N1CCSC(C(=O)NCc2ccc(-c3scnc3C)cc2)C1. The highest BCUT2D eigenvalue weighted by Gasteiger charge is 2.27. The zero-order chi connectivity index (χ0) is 18.5. The van der Waals surface area contributed by atoms with E-state index in [1.54, 1.807) is 28.0 Å². The number of nitrogens with one attached hydrogen (secondary N) is 1. The summed E-state index contributed by atoms with van der Waals surface area (Å²) in [7, 11) is 0. The lowest BCUT2D eigenvalue weighted by Crippen LogP contribution is -2.47. The van der Waals surface area contributed by atoms with Gasteiger partial charge in [-0.3, -0.25) is 9.59 Å². The van der Waals surface area contributed by atoms with Crippen molar-refractivity contribution in [2.24, 2.45) is 0 Å². The molecule has 0 bridgehead atoms. The predicted molar refractivity (Wildman–Crippen MR) is 107 cm³/mol. The van der Waals surface area contributed by atoms with Gasteiger partial charge in [-0.25, -0.2) is 4.98 Å². The van der Waals surface area contributed by atoms with Crippen LogP contribution in [0, 0.1) is 6.92 Å². The minimum absolute atomic E-state index is 0.0288. The second-order valence-electron chi connectivity index (χ2n) is 6.03. The van der Waals surface area contributed by atoms with Crippen molar-refractivity contribution in [2.45, 2.75) is 18.7 Å². The number of benzene rings is 1. The third-order valence-corrected chi connectivity index (χ3v) is 6.43. The van der Waals surface area contributed by atoms with Gasteiger partial charge in [0.2, 0.25) is 11.8 Å². The summed E-state index contributed by atoms with van der Waals surface area (Å²) >= 11 is 3.22. The highest BCUT2D eigenvalue weighted by Crippen LogP contribution is 2.27. The Bertz CT molecular complexity index is 801. The highest BCUT2D eigenvalue weighted by molar-refractivity contribution is 8.00. The summed E-state index contributed by atoms with van der Waals surface area (Å²) in [5.41, 5.74) is 5.07. The zero-order valence-corrected chi connectivity index (χ0v) is 16.2. The number of amides is 2. The first kappa shape index (κ1) is 18.7. The maximum atomic E-state index is 12.4. The van der Waals surface area contributed by atoms with Crippen LogP contribution in [0.5, 0.6) is 0 Å². The number of thioether (sulfide) groups is 1. The summed E-state index contributed by atoms with van der Waals surface area (Å²) in [6.07, 6.45) is 1.30. The van der Waals surface area contributed by atoms with Crippen LogP contribution in [0.4, 0.5) is 0 Å². The summed E-state index contributed by atoms with van der Waals surface area (Å²) in [5, 5.41) is 2.75. The minimum Gasteiger partial charge on any atom is -0.351 e. The molecule has 5 nitrogen and oxygen atoms in total. The van der Waals surface area contributed by atoms with Gasteiger partial charge in [0.15, 0.2) is 0 Å². The van der Waals surface area contributed by atoms with E-state index in [0.717, 1.165) is 22.6 Å². The molecule has 26 heavy (non-hydrogen) atoms. The number of hydrogen-bond donors (Lipinski definition) is 1. The number of nitrogens with zero attached hydrogens (tertiary/aromatic N) is 2. The molecule has 1 aromatic carbocycles. The van der Waals surface area contributed by atoms with Crippen LogP contribution in [0.3, 0.4) is 0 Å². The van der Waals surface area contributed by atoms with Crippen molar-refractivity contribution in [3.05, 3.63) is 53.7 Å². The Morgan fingerprint density at radius 2 is 2.15 bits per heavy atom. The smallest absolute Gasteiger partial charge is 0.246 e.